The first-order valence-corrected chi connectivity index (χ1v) is 17.8. The van der Waals surface area contributed by atoms with E-state index in [-0.39, 0.29) is 37.8 Å². The van der Waals surface area contributed by atoms with Crippen LogP contribution in [-0.2, 0) is 45.1 Å². The van der Waals surface area contributed by atoms with E-state index in [2.05, 4.69) is 26.3 Å². The normalized spacial score (nSPS) is 16.9. The number of fused-ring (bicyclic) bond motifs is 3. The van der Waals surface area contributed by atoms with E-state index in [0.29, 0.717) is 24.0 Å². The van der Waals surface area contributed by atoms with E-state index in [4.69, 9.17) is 10.5 Å². The number of nitrogens with one attached hydrogen (secondary N) is 5. The molecule has 1 aliphatic rings. The molecule has 0 saturated carbocycles. The number of rotatable bonds is 14. The molecule has 4 atom stereocenters. The predicted octanol–water partition coefficient (Wildman–Crippen LogP) is 4.41. The van der Waals surface area contributed by atoms with Gasteiger partial charge in [0.1, 0.15) is 24.2 Å². The Morgan fingerprint density at radius 3 is 2.29 bits per heavy atom. The van der Waals surface area contributed by atoms with Crippen molar-refractivity contribution in [1.29, 1.82) is 0 Å². The van der Waals surface area contributed by atoms with Gasteiger partial charge in [-0.05, 0) is 59.6 Å². The van der Waals surface area contributed by atoms with Crippen molar-refractivity contribution in [2.24, 2.45) is 17.6 Å². The minimum absolute atomic E-state index is 0.0342. The fourth-order valence-corrected chi connectivity index (χ4v) is 6.61. The summed E-state index contributed by atoms with van der Waals surface area (Å²) in [6.07, 6.45) is 0.710. The fourth-order valence-electron chi connectivity index (χ4n) is 6.61. The van der Waals surface area contributed by atoms with Crippen LogP contribution in [0.15, 0.2) is 78.9 Å². The Morgan fingerprint density at radius 1 is 0.865 bits per heavy atom. The highest BCUT2D eigenvalue weighted by Gasteiger charge is 2.46. The number of carbonyl (C=O) groups excluding carboxylic acids is 5. The highest BCUT2D eigenvalue weighted by atomic mass is 16.5. The Balaban J connectivity index is 1.39. The maximum absolute atomic E-state index is 14.6. The van der Waals surface area contributed by atoms with Gasteiger partial charge in [0.05, 0.1) is 0 Å². The predicted molar refractivity (Wildman–Crippen MR) is 198 cm³/mol. The summed E-state index contributed by atoms with van der Waals surface area (Å²) in [6.45, 7) is 7.57. The van der Waals surface area contributed by atoms with Crippen molar-refractivity contribution in [3.05, 3.63) is 107 Å². The van der Waals surface area contributed by atoms with Crippen molar-refractivity contribution in [3.8, 4) is 0 Å². The van der Waals surface area contributed by atoms with Crippen LogP contribution in [0.4, 0.5) is 4.79 Å². The number of primary amides is 1. The molecule has 4 aromatic rings. The molecule has 52 heavy (non-hydrogen) atoms. The molecule has 5 rings (SSSR count). The van der Waals surface area contributed by atoms with Gasteiger partial charge < -0.3 is 36.7 Å². The number of hydrogen-bond donors (Lipinski definition) is 6. The molecule has 7 N–H and O–H groups in total. The highest BCUT2D eigenvalue weighted by molar-refractivity contribution is 5.98. The van der Waals surface area contributed by atoms with Crippen LogP contribution in [0.5, 0.6) is 0 Å². The van der Waals surface area contributed by atoms with E-state index < -0.39 is 47.3 Å². The summed E-state index contributed by atoms with van der Waals surface area (Å²) in [4.78, 5) is 70.6. The lowest BCUT2D eigenvalue weighted by molar-refractivity contribution is -0.138. The molecule has 0 radical (unpaired) electrons. The molecular formula is C40H48N6O6. The third-order valence-electron chi connectivity index (χ3n) is 9.88. The molecule has 12 nitrogen and oxygen atoms in total. The van der Waals surface area contributed by atoms with Gasteiger partial charge in [0.25, 0.3) is 0 Å². The number of alkyl carbamates (subject to hydrolysis) is 1. The smallest absolute Gasteiger partial charge is 0.408 e. The Bertz CT molecular complexity index is 1920. The van der Waals surface area contributed by atoms with Gasteiger partial charge in [-0.1, -0.05) is 94.8 Å². The molecule has 3 aromatic carbocycles. The zero-order valence-corrected chi connectivity index (χ0v) is 30.1. The van der Waals surface area contributed by atoms with Gasteiger partial charge in [-0.15, -0.1) is 0 Å². The lowest BCUT2D eigenvalue weighted by atomic mass is 9.78. The van der Waals surface area contributed by atoms with Crippen molar-refractivity contribution in [1.82, 2.24) is 26.3 Å². The second-order valence-electron chi connectivity index (χ2n) is 13.9. The summed E-state index contributed by atoms with van der Waals surface area (Å²) in [5.41, 5.74) is 8.59. The van der Waals surface area contributed by atoms with Crippen molar-refractivity contribution in [2.45, 2.75) is 84.2 Å². The van der Waals surface area contributed by atoms with Gasteiger partial charge in [0.2, 0.25) is 23.6 Å². The number of aromatic nitrogens is 1. The minimum Gasteiger partial charge on any atom is -0.445 e. The number of hydrogen-bond acceptors (Lipinski definition) is 6. The lowest BCUT2D eigenvalue weighted by Crippen LogP contribution is -2.67. The van der Waals surface area contributed by atoms with Crippen LogP contribution in [0.2, 0.25) is 0 Å². The maximum Gasteiger partial charge on any atom is 0.408 e. The Hall–Kier alpha value is -5.65. The largest absolute Gasteiger partial charge is 0.445 e. The monoisotopic (exact) mass is 708 g/mol. The van der Waals surface area contributed by atoms with Crippen LogP contribution in [0, 0.1) is 11.8 Å². The summed E-state index contributed by atoms with van der Waals surface area (Å²) >= 11 is 0. The number of amides is 5. The first-order chi connectivity index (χ1) is 24.9. The molecule has 0 unspecified atom stereocenters. The average Bonchev–Trinajstić information content (AvgIpc) is 3.51. The molecule has 5 amide bonds. The number of nitrogens with two attached hydrogens (primary N) is 1. The van der Waals surface area contributed by atoms with E-state index in [1.165, 1.54) is 0 Å². The molecule has 0 bridgehead atoms. The molecule has 1 aliphatic carbocycles. The van der Waals surface area contributed by atoms with Crippen LogP contribution < -0.4 is 27.0 Å². The molecular weight excluding hydrogens is 660 g/mol. The van der Waals surface area contributed by atoms with Crippen LogP contribution in [0.25, 0.3) is 10.9 Å². The van der Waals surface area contributed by atoms with Crippen LogP contribution in [-0.4, -0.2) is 52.3 Å². The quantitative estimate of drug-likeness (QED) is 0.113. The number of carbonyl (C=O) groups is 5. The zero-order valence-electron chi connectivity index (χ0n) is 30.1. The summed E-state index contributed by atoms with van der Waals surface area (Å²) in [5, 5.41) is 12.6. The first-order valence-electron chi connectivity index (χ1n) is 17.8. The molecule has 0 aliphatic heterocycles. The van der Waals surface area contributed by atoms with Gasteiger partial charge in [-0.25, -0.2) is 4.79 Å². The summed E-state index contributed by atoms with van der Waals surface area (Å²) in [7, 11) is 0. The fraction of sp³-hybridized carbons (Fsp3) is 0.375. The van der Waals surface area contributed by atoms with Gasteiger partial charge in [0, 0.05) is 35.1 Å². The highest BCUT2D eigenvalue weighted by Crippen LogP contribution is 2.35. The van der Waals surface area contributed by atoms with E-state index in [1.807, 2.05) is 82.3 Å². The second kappa shape index (κ2) is 16.6. The number of aryl methyl sites for hydroxylation is 1. The SMILES string of the molecule is CC[C@H](C)[C@H](NC(=O)OCc1ccccc1)C(=O)N[C@@]1(C(=O)N[C@H](C(=O)NCc2cccc(C(N)=O)c2)C(C)C)CCc2[nH]c3ccccc3c2C1. The van der Waals surface area contributed by atoms with E-state index in [1.54, 1.807) is 24.3 Å². The lowest BCUT2D eigenvalue weighted by Gasteiger charge is -2.39. The molecule has 0 spiro atoms. The first kappa shape index (κ1) is 37.6. The Labute approximate surface area is 303 Å². The van der Waals surface area contributed by atoms with Crippen LogP contribution >= 0.6 is 0 Å². The molecule has 0 saturated heterocycles. The number of aromatic amines is 1. The topological polar surface area (TPSA) is 185 Å². The van der Waals surface area contributed by atoms with Crippen molar-refractivity contribution < 1.29 is 28.7 Å². The van der Waals surface area contributed by atoms with Crippen LogP contribution in [0.3, 0.4) is 0 Å². The molecule has 0 fully saturated rings. The Kier molecular flexibility index (Phi) is 12.0. The van der Waals surface area contributed by atoms with Gasteiger partial charge >= 0.3 is 6.09 Å². The van der Waals surface area contributed by atoms with E-state index in [0.717, 1.165) is 27.7 Å². The number of para-hydroxylation sites is 1. The molecule has 1 aromatic heterocycles. The Morgan fingerprint density at radius 2 is 1.58 bits per heavy atom. The summed E-state index contributed by atoms with van der Waals surface area (Å²) in [5.74, 6) is -2.62. The molecule has 1 heterocycles. The molecule has 274 valence electrons. The van der Waals surface area contributed by atoms with Crippen molar-refractivity contribution in [2.75, 3.05) is 0 Å². The number of H-pyrrole nitrogens is 1. The van der Waals surface area contributed by atoms with Crippen LogP contribution in [0.1, 0.15) is 73.3 Å². The van der Waals surface area contributed by atoms with E-state index in [9.17, 15) is 24.0 Å². The van der Waals surface area contributed by atoms with E-state index >= 15 is 0 Å². The van der Waals surface area contributed by atoms with Gasteiger partial charge in [-0.2, -0.15) is 0 Å². The van der Waals surface area contributed by atoms with Gasteiger partial charge in [-0.3, -0.25) is 19.2 Å². The third kappa shape index (κ3) is 8.79. The third-order valence-corrected chi connectivity index (χ3v) is 9.88. The number of ether oxygens (including phenoxy) is 1. The summed E-state index contributed by atoms with van der Waals surface area (Å²) in [6, 6.07) is 21.7. The average molecular weight is 709 g/mol. The number of benzene rings is 3. The van der Waals surface area contributed by atoms with Crippen molar-refractivity contribution >= 4 is 40.6 Å². The summed E-state index contributed by atoms with van der Waals surface area (Å²) < 4.78 is 5.45. The standard InChI is InChI=1S/C40H48N6O6/c1-5-25(4)34(45-39(51)52-23-26-12-7-6-8-13-26)37(49)46-40(19-18-32-30(21-40)29-16-9-10-17-31(29)43-32)38(50)44-33(24(2)3)36(48)42-22-27-14-11-15-28(20-27)35(41)47/h6-17,20,24-25,33-34,43H,5,18-19,21-23H2,1-4H3,(H2,41,47)(H,42,48)(H,44,50)(H,45,51)(H,46,49)/t25-,33-,34-,40-/m0/s1. The minimum atomic E-state index is -1.44. The zero-order chi connectivity index (χ0) is 37.4. The maximum atomic E-state index is 14.6. The van der Waals surface area contributed by atoms with Gasteiger partial charge in [0.15, 0.2) is 0 Å². The van der Waals surface area contributed by atoms with Crippen molar-refractivity contribution in [3.63, 3.8) is 0 Å². The second-order valence-corrected chi connectivity index (χ2v) is 13.9. The molecule has 12 heteroatoms.